The number of piperidine rings is 1. The SMILES string of the molecule is COc1ccc2c(c1)[C@]13CCN(C(=O)OC(C)(C)C)[C@H](C2)[C@@H]1CCC(=O)C3. The molecule has 5 nitrogen and oxygen atoms in total. The maximum Gasteiger partial charge on any atom is 0.410 e. The first-order valence-corrected chi connectivity index (χ1v) is 9.92. The van der Waals surface area contributed by atoms with E-state index in [9.17, 15) is 9.59 Å². The number of nitrogens with zero attached hydrogens (tertiary/aromatic N) is 1. The number of hydrogen-bond donors (Lipinski definition) is 0. The summed E-state index contributed by atoms with van der Waals surface area (Å²) in [5, 5.41) is 0. The molecule has 4 rings (SSSR count). The minimum absolute atomic E-state index is 0.0996. The molecule has 0 radical (unpaired) electrons. The number of amides is 1. The van der Waals surface area contributed by atoms with Crippen LogP contribution in [0.2, 0.25) is 0 Å². The Balaban J connectivity index is 1.75. The van der Waals surface area contributed by atoms with E-state index in [0.29, 0.717) is 31.1 Å². The number of rotatable bonds is 1. The average Bonchev–Trinajstić information content (AvgIpc) is 2.59. The van der Waals surface area contributed by atoms with E-state index in [2.05, 4.69) is 12.1 Å². The third-order valence-electron chi connectivity index (χ3n) is 6.53. The van der Waals surface area contributed by atoms with Crippen LogP contribution in [0.1, 0.15) is 57.6 Å². The molecule has 5 heteroatoms. The number of hydrogen-bond acceptors (Lipinski definition) is 4. The fourth-order valence-electron chi connectivity index (χ4n) is 5.48. The van der Waals surface area contributed by atoms with Gasteiger partial charge in [-0.05, 0) is 69.2 Å². The highest BCUT2D eigenvalue weighted by molar-refractivity contribution is 5.82. The van der Waals surface area contributed by atoms with Crippen molar-refractivity contribution in [2.75, 3.05) is 13.7 Å². The van der Waals surface area contributed by atoms with Crippen molar-refractivity contribution in [3.8, 4) is 5.75 Å². The molecule has 2 bridgehead atoms. The summed E-state index contributed by atoms with van der Waals surface area (Å²) in [7, 11) is 1.68. The third-order valence-corrected chi connectivity index (χ3v) is 6.53. The number of fused-ring (bicyclic) bond motifs is 1. The lowest BCUT2D eigenvalue weighted by molar-refractivity contribution is -0.127. The molecule has 146 valence electrons. The maximum atomic E-state index is 12.9. The topological polar surface area (TPSA) is 55.8 Å². The zero-order chi connectivity index (χ0) is 19.4. The van der Waals surface area contributed by atoms with Crippen molar-refractivity contribution in [1.82, 2.24) is 4.90 Å². The summed E-state index contributed by atoms with van der Waals surface area (Å²) in [5.74, 6) is 1.48. The first-order valence-electron chi connectivity index (χ1n) is 9.92. The van der Waals surface area contributed by atoms with Crippen molar-refractivity contribution in [3.63, 3.8) is 0 Å². The van der Waals surface area contributed by atoms with Gasteiger partial charge in [0.2, 0.25) is 0 Å². The summed E-state index contributed by atoms with van der Waals surface area (Å²) >= 11 is 0. The number of benzene rings is 1. The van der Waals surface area contributed by atoms with Crippen molar-refractivity contribution >= 4 is 11.9 Å². The Hall–Kier alpha value is -2.04. The quantitative estimate of drug-likeness (QED) is 0.752. The number of ether oxygens (including phenoxy) is 2. The highest BCUT2D eigenvalue weighted by Gasteiger charge is 2.56. The lowest BCUT2D eigenvalue weighted by Crippen LogP contribution is -2.63. The van der Waals surface area contributed by atoms with Crippen molar-refractivity contribution in [3.05, 3.63) is 29.3 Å². The second-order valence-corrected chi connectivity index (χ2v) is 9.24. The van der Waals surface area contributed by atoms with Crippen LogP contribution < -0.4 is 4.74 Å². The normalized spacial score (nSPS) is 29.6. The molecule has 1 amide bonds. The van der Waals surface area contributed by atoms with Crippen molar-refractivity contribution in [2.24, 2.45) is 5.92 Å². The number of carbonyl (C=O) groups excluding carboxylic acids is 2. The minimum Gasteiger partial charge on any atom is -0.497 e. The first kappa shape index (κ1) is 18.3. The Labute approximate surface area is 161 Å². The van der Waals surface area contributed by atoms with Crippen LogP contribution in [0, 0.1) is 5.92 Å². The van der Waals surface area contributed by atoms with E-state index in [1.807, 2.05) is 31.7 Å². The van der Waals surface area contributed by atoms with Gasteiger partial charge in [-0.2, -0.15) is 0 Å². The summed E-state index contributed by atoms with van der Waals surface area (Å²) in [6, 6.07) is 6.31. The molecule has 27 heavy (non-hydrogen) atoms. The van der Waals surface area contributed by atoms with Crippen LogP contribution in [-0.2, 0) is 21.4 Å². The molecule has 0 aromatic heterocycles. The number of carbonyl (C=O) groups is 2. The first-order chi connectivity index (χ1) is 12.7. The van der Waals surface area contributed by atoms with Gasteiger partial charge in [-0.15, -0.1) is 0 Å². The summed E-state index contributed by atoms with van der Waals surface area (Å²) in [5.41, 5.74) is 1.83. The van der Waals surface area contributed by atoms with Gasteiger partial charge in [0.25, 0.3) is 0 Å². The van der Waals surface area contributed by atoms with Crippen LogP contribution in [0.25, 0.3) is 0 Å². The Morgan fingerprint density at radius 2 is 2.07 bits per heavy atom. The Bertz CT molecular complexity index is 781. The predicted molar refractivity (Wildman–Crippen MR) is 102 cm³/mol. The van der Waals surface area contributed by atoms with Crippen LogP contribution in [-0.4, -0.2) is 42.1 Å². The van der Waals surface area contributed by atoms with E-state index in [-0.39, 0.29) is 17.6 Å². The molecule has 1 aromatic rings. The van der Waals surface area contributed by atoms with Crippen LogP contribution in [0.5, 0.6) is 5.75 Å². The Morgan fingerprint density at radius 3 is 2.78 bits per heavy atom. The molecule has 1 aliphatic heterocycles. The van der Waals surface area contributed by atoms with Crippen LogP contribution in [0.4, 0.5) is 4.79 Å². The smallest absolute Gasteiger partial charge is 0.410 e. The van der Waals surface area contributed by atoms with E-state index in [1.54, 1.807) is 7.11 Å². The van der Waals surface area contributed by atoms with Crippen LogP contribution in [0.15, 0.2) is 18.2 Å². The maximum absolute atomic E-state index is 12.9. The van der Waals surface area contributed by atoms with Gasteiger partial charge in [0.1, 0.15) is 17.1 Å². The lowest BCUT2D eigenvalue weighted by Gasteiger charge is -2.58. The van der Waals surface area contributed by atoms with Gasteiger partial charge in [-0.1, -0.05) is 6.07 Å². The molecule has 1 saturated carbocycles. The molecule has 3 atom stereocenters. The van der Waals surface area contributed by atoms with Gasteiger partial charge < -0.3 is 14.4 Å². The van der Waals surface area contributed by atoms with Crippen molar-refractivity contribution in [1.29, 1.82) is 0 Å². The molecule has 1 saturated heterocycles. The molecular weight excluding hydrogens is 342 g/mol. The fourth-order valence-corrected chi connectivity index (χ4v) is 5.48. The minimum atomic E-state index is -0.506. The van der Waals surface area contributed by atoms with E-state index < -0.39 is 5.60 Å². The molecule has 1 aromatic carbocycles. The largest absolute Gasteiger partial charge is 0.497 e. The van der Waals surface area contributed by atoms with E-state index >= 15 is 0 Å². The monoisotopic (exact) mass is 371 g/mol. The number of Topliss-reactive ketones (excluding diaryl/α,β-unsaturated/α-hetero) is 1. The van der Waals surface area contributed by atoms with E-state index in [4.69, 9.17) is 9.47 Å². The molecule has 0 N–H and O–H groups in total. The molecule has 3 aliphatic rings. The van der Waals surface area contributed by atoms with Gasteiger partial charge in [0.05, 0.1) is 7.11 Å². The third kappa shape index (κ3) is 3.01. The number of likely N-dealkylation sites (tertiary alicyclic amines) is 1. The summed E-state index contributed by atoms with van der Waals surface area (Å²) in [6.45, 7) is 6.35. The van der Waals surface area contributed by atoms with E-state index in [1.165, 1.54) is 11.1 Å². The summed E-state index contributed by atoms with van der Waals surface area (Å²) in [4.78, 5) is 27.3. The second-order valence-electron chi connectivity index (χ2n) is 9.24. The van der Waals surface area contributed by atoms with Gasteiger partial charge in [-0.3, -0.25) is 4.79 Å². The number of ketones is 1. The second kappa shape index (κ2) is 6.25. The molecule has 2 fully saturated rings. The zero-order valence-electron chi connectivity index (χ0n) is 16.7. The number of methoxy groups -OCH3 is 1. The predicted octanol–water partition coefficient (Wildman–Crippen LogP) is 3.87. The molecular formula is C22H29NO4. The zero-order valence-corrected chi connectivity index (χ0v) is 16.7. The van der Waals surface area contributed by atoms with Gasteiger partial charge in [0, 0.05) is 30.8 Å². The van der Waals surface area contributed by atoms with Crippen molar-refractivity contribution < 1.29 is 19.1 Å². The Morgan fingerprint density at radius 1 is 1.30 bits per heavy atom. The molecule has 1 heterocycles. The highest BCUT2D eigenvalue weighted by Crippen LogP contribution is 2.55. The molecule has 0 spiro atoms. The average molecular weight is 371 g/mol. The fraction of sp³-hybridized carbons (Fsp3) is 0.636. The summed E-state index contributed by atoms with van der Waals surface area (Å²) in [6.07, 6.45) is 3.44. The van der Waals surface area contributed by atoms with Crippen LogP contribution >= 0.6 is 0 Å². The van der Waals surface area contributed by atoms with E-state index in [0.717, 1.165) is 25.0 Å². The van der Waals surface area contributed by atoms with Crippen molar-refractivity contribution in [2.45, 2.75) is 69.9 Å². The molecule has 0 unspecified atom stereocenters. The van der Waals surface area contributed by atoms with Gasteiger partial charge in [-0.25, -0.2) is 4.79 Å². The molecule has 2 aliphatic carbocycles. The highest BCUT2D eigenvalue weighted by atomic mass is 16.6. The summed E-state index contributed by atoms with van der Waals surface area (Å²) < 4.78 is 11.2. The van der Waals surface area contributed by atoms with Crippen LogP contribution in [0.3, 0.4) is 0 Å². The standard InChI is InChI=1S/C22H29NO4/c1-21(2,3)27-20(25)23-10-9-22-13-15(24)6-8-17(22)19(23)11-14-5-7-16(26-4)12-18(14)22/h5,7,12,17,19H,6,8-11,13H2,1-4H3/t17-,19+,22-/m0/s1. The van der Waals surface area contributed by atoms with Gasteiger partial charge >= 0.3 is 6.09 Å². The van der Waals surface area contributed by atoms with Gasteiger partial charge in [0.15, 0.2) is 0 Å². The Kier molecular flexibility index (Phi) is 4.24. The lowest BCUT2D eigenvalue weighted by atomic mass is 9.52.